The van der Waals surface area contributed by atoms with Gasteiger partial charge in [-0.3, -0.25) is 9.80 Å². The van der Waals surface area contributed by atoms with E-state index in [0.29, 0.717) is 41.7 Å². The number of likely N-dealkylation sites (N-methyl/N-ethyl adjacent to an activating group) is 1. The second kappa shape index (κ2) is 11.6. The molecule has 11 heteroatoms. The third-order valence-corrected chi connectivity index (χ3v) is 15.5. The van der Waals surface area contributed by atoms with Crippen LogP contribution in [-0.4, -0.2) is 97.3 Å². The van der Waals surface area contributed by atoms with Crippen LogP contribution >= 0.6 is 0 Å². The van der Waals surface area contributed by atoms with Crippen LogP contribution in [0.3, 0.4) is 0 Å². The number of benzene rings is 2. The lowest BCUT2D eigenvalue weighted by atomic mass is 9.53. The van der Waals surface area contributed by atoms with E-state index < -0.39 is 5.41 Å². The van der Waals surface area contributed by atoms with Gasteiger partial charge in [0.1, 0.15) is 6.10 Å². The van der Waals surface area contributed by atoms with Gasteiger partial charge in [0.05, 0.1) is 69.1 Å². The first-order chi connectivity index (χ1) is 26.7. The number of allylic oxidation sites excluding steroid dienone is 2. The largest absolute Gasteiger partial charge is 0.504 e. The second-order valence-corrected chi connectivity index (χ2v) is 17.2. The maximum absolute atomic E-state index is 13.7. The lowest BCUT2D eigenvalue weighted by Crippen LogP contribution is -2.65. The van der Waals surface area contributed by atoms with E-state index in [1.807, 2.05) is 12.3 Å². The summed E-state index contributed by atoms with van der Waals surface area (Å²) in [5, 5.41) is 16.4. The normalized spacial score (nSPS) is 36.5. The average molecular weight is 747 g/mol. The van der Waals surface area contributed by atoms with Gasteiger partial charge in [-0.2, -0.15) is 0 Å². The van der Waals surface area contributed by atoms with Crippen LogP contribution in [0.1, 0.15) is 55.5 Å². The number of hydrogen-bond donors (Lipinski definition) is 2. The molecule has 2 aromatic carbocycles. The summed E-state index contributed by atoms with van der Waals surface area (Å²) < 4.78 is 32.5. The van der Waals surface area contributed by atoms with Gasteiger partial charge >= 0.3 is 5.97 Å². The summed E-state index contributed by atoms with van der Waals surface area (Å²) in [7, 11) is 9.12. The van der Waals surface area contributed by atoms with Crippen LogP contribution in [-0.2, 0) is 37.9 Å². The zero-order chi connectivity index (χ0) is 37.7. The number of rotatable bonds is 6. The van der Waals surface area contributed by atoms with Crippen LogP contribution in [0.25, 0.3) is 10.9 Å². The molecule has 0 amide bonds. The van der Waals surface area contributed by atoms with Crippen molar-refractivity contribution >= 4 is 22.6 Å². The van der Waals surface area contributed by atoms with Crippen molar-refractivity contribution < 1.29 is 33.6 Å². The second-order valence-electron chi connectivity index (χ2n) is 17.2. The number of nitrogens with one attached hydrogen (secondary N) is 1. The summed E-state index contributed by atoms with van der Waals surface area (Å²) in [5.41, 5.74) is 7.82. The smallest absolute Gasteiger partial charge is 0.335 e. The van der Waals surface area contributed by atoms with Crippen molar-refractivity contribution in [2.24, 2.45) is 24.3 Å². The highest BCUT2D eigenvalue weighted by Gasteiger charge is 2.76. The number of esters is 1. The van der Waals surface area contributed by atoms with Crippen molar-refractivity contribution in [1.82, 2.24) is 14.4 Å². The summed E-state index contributed by atoms with van der Waals surface area (Å²) in [5.74, 6) is 1.19. The Morgan fingerprint density at radius 2 is 1.96 bits per heavy atom. The Bertz CT molecular complexity index is 2280. The number of nitrogens with zero attached hydrogens (tertiary/aromatic N) is 3. The van der Waals surface area contributed by atoms with Gasteiger partial charge in [-0.05, 0) is 73.9 Å². The van der Waals surface area contributed by atoms with Crippen LogP contribution in [0.15, 0.2) is 65.6 Å². The van der Waals surface area contributed by atoms with Gasteiger partial charge in [-0.15, -0.1) is 0 Å². The first-order valence-corrected chi connectivity index (χ1v) is 20.0. The number of methoxy groups -OCH3 is 3. The first-order valence-electron chi connectivity index (χ1n) is 20.0. The molecule has 8 heterocycles. The summed E-state index contributed by atoms with van der Waals surface area (Å²) >= 11 is 0. The summed E-state index contributed by atoms with van der Waals surface area (Å²) in [6.07, 6.45) is 11.0. The number of fused-ring (bicyclic) bond motifs is 11. The molecule has 11 rings (SSSR count). The molecule has 2 N–H and O–H groups in total. The average Bonchev–Trinajstić information content (AvgIpc) is 3.71. The number of piperidine rings is 2. The van der Waals surface area contributed by atoms with Crippen molar-refractivity contribution in [1.29, 1.82) is 0 Å². The molecule has 288 valence electrons. The van der Waals surface area contributed by atoms with Crippen molar-refractivity contribution in [3.8, 4) is 17.2 Å². The molecular weight excluding hydrogens is 697 g/mol. The fourth-order valence-electron chi connectivity index (χ4n) is 13.2. The van der Waals surface area contributed by atoms with Crippen molar-refractivity contribution in [3.05, 3.63) is 82.4 Å². The van der Waals surface area contributed by atoms with Crippen LogP contribution < -0.4 is 14.8 Å². The van der Waals surface area contributed by atoms with Gasteiger partial charge in [0.2, 0.25) is 5.75 Å². The predicted molar refractivity (Wildman–Crippen MR) is 206 cm³/mol. The van der Waals surface area contributed by atoms with E-state index >= 15 is 0 Å². The monoisotopic (exact) mass is 746 g/mol. The Hall–Kier alpha value is -4.45. The molecule has 1 aromatic heterocycles. The number of ether oxygens (including phenoxy) is 5. The molecule has 4 saturated heterocycles. The predicted octanol–water partition coefficient (Wildman–Crippen LogP) is 5.72. The number of hydrogen-bond acceptors (Lipinski definition) is 10. The van der Waals surface area contributed by atoms with Gasteiger partial charge in [0, 0.05) is 59.3 Å². The summed E-state index contributed by atoms with van der Waals surface area (Å²) in [6, 6.07) is 11.5. The fraction of sp³-hybridized carbons (Fsp3) is 0.523. The number of phenolic OH excluding ortho intramolecular Hbond substituents is 1. The van der Waals surface area contributed by atoms with Gasteiger partial charge in [-0.1, -0.05) is 37.3 Å². The molecule has 4 fully saturated rings. The van der Waals surface area contributed by atoms with E-state index in [2.05, 4.69) is 77.1 Å². The minimum absolute atomic E-state index is 0.00923. The standard InChI is InChI=1S/C44H50N4O7/c1-7-43-19-26(41(50)53-6)39-44(28-18-33(49)37(51-4)38(52-5)34(28)45-39)14-15-48(42(43)44)30(36-40(43)55-36)13-12-22-20-54-21-27-24(22)16-32-35-25(17-31(27)46(32)2)23-10-8-9-11-29(23)47(35)3/h8-13,18,20,24,27,30-32,36,40,42,45,49H,7,14-17,19,21H2,1-6H3/t24-,27+,30+,31-,32-,36+,40+,42-,43+,44-/m0/s1. The molecule has 3 aromatic rings. The van der Waals surface area contributed by atoms with E-state index in [0.717, 1.165) is 55.8 Å². The number of aromatic nitrogens is 1. The molecule has 1 aliphatic carbocycles. The van der Waals surface area contributed by atoms with E-state index in [1.165, 1.54) is 42.0 Å². The molecule has 0 radical (unpaired) electrons. The molecule has 10 atom stereocenters. The van der Waals surface area contributed by atoms with Gasteiger partial charge in [-0.25, -0.2) is 4.79 Å². The van der Waals surface area contributed by atoms with E-state index in [1.54, 1.807) is 7.11 Å². The molecular formula is C44H50N4O7. The lowest BCUT2D eigenvalue weighted by molar-refractivity contribution is -0.137. The maximum atomic E-state index is 13.7. The molecule has 0 unspecified atom stereocenters. The molecule has 2 bridgehead atoms. The Morgan fingerprint density at radius 1 is 1.15 bits per heavy atom. The molecule has 1 spiro atoms. The quantitative estimate of drug-likeness (QED) is 0.185. The van der Waals surface area contributed by atoms with Crippen molar-refractivity contribution in [2.75, 3.05) is 46.8 Å². The third-order valence-electron chi connectivity index (χ3n) is 15.5. The third kappa shape index (κ3) is 4.09. The number of carbonyl (C=O) groups is 1. The molecule has 7 aliphatic heterocycles. The Kier molecular flexibility index (Phi) is 7.11. The SMILES string of the molecule is CC[C@@]12CC(C(=O)OC)=C3Nc4c(cc(O)c(OC)c4OC)[C@@]34CCN([C@H](C=CC3=COC[C@@H]5[C@H]3C[C@H]3c6c(c7ccccc7n6C)C[C@@H]5N3C)[C@H]3O[C@H]31)[C@@H]24. The van der Waals surface area contributed by atoms with Crippen molar-refractivity contribution in [2.45, 2.75) is 80.8 Å². The van der Waals surface area contributed by atoms with Gasteiger partial charge < -0.3 is 38.7 Å². The molecule has 8 aliphatic rings. The van der Waals surface area contributed by atoms with E-state index in [9.17, 15) is 9.90 Å². The number of epoxide rings is 1. The minimum Gasteiger partial charge on any atom is -0.504 e. The number of para-hydroxylation sites is 1. The topological polar surface area (TPSA) is 110 Å². The van der Waals surface area contributed by atoms with Gasteiger partial charge in [0.15, 0.2) is 11.5 Å². The maximum Gasteiger partial charge on any atom is 0.335 e. The van der Waals surface area contributed by atoms with E-state index in [-0.39, 0.29) is 47.2 Å². The highest BCUT2D eigenvalue weighted by atomic mass is 16.6. The molecule has 0 saturated carbocycles. The number of aryl methyl sites for hydroxylation is 1. The van der Waals surface area contributed by atoms with Crippen LogP contribution in [0.2, 0.25) is 0 Å². The number of anilines is 1. The fourth-order valence-corrected chi connectivity index (χ4v) is 13.2. The number of aromatic hydroxyl groups is 1. The van der Waals surface area contributed by atoms with Crippen LogP contribution in [0.4, 0.5) is 5.69 Å². The highest BCUT2D eigenvalue weighted by Crippen LogP contribution is 2.71. The Morgan fingerprint density at radius 3 is 2.75 bits per heavy atom. The Balaban J connectivity index is 0.978. The molecule has 55 heavy (non-hydrogen) atoms. The molecule has 11 nitrogen and oxygen atoms in total. The Labute approximate surface area is 321 Å². The zero-order valence-corrected chi connectivity index (χ0v) is 32.4. The first kappa shape index (κ1) is 33.9. The number of phenols is 1. The summed E-state index contributed by atoms with van der Waals surface area (Å²) in [6.45, 7) is 3.78. The van der Waals surface area contributed by atoms with Gasteiger partial charge in [0.25, 0.3) is 0 Å². The number of carbonyl (C=O) groups excluding carboxylic acids is 1. The summed E-state index contributed by atoms with van der Waals surface area (Å²) in [4.78, 5) is 19.0. The lowest BCUT2D eigenvalue weighted by Gasteiger charge is -2.56. The van der Waals surface area contributed by atoms with Crippen LogP contribution in [0, 0.1) is 17.3 Å². The zero-order valence-electron chi connectivity index (χ0n) is 32.4. The van der Waals surface area contributed by atoms with E-state index in [4.69, 9.17) is 23.7 Å². The minimum atomic E-state index is -0.604. The van der Waals surface area contributed by atoms with Crippen molar-refractivity contribution in [3.63, 3.8) is 0 Å². The highest BCUT2D eigenvalue weighted by molar-refractivity contribution is 5.94. The van der Waals surface area contributed by atoms with Crippen LogP contribution in [0.5, 0.6) is 17.2 Å².